The molecule has 2 rings (SSSR count). The molecule has 1 aliphatic rings. The van der Waals surface area contributed by atoms with Crippen LogP contribution in [0.1, 0.15) is 23.2 Å². The van der Waals surface area contributed by atoms with Gasteiger partial charge in [-0.1, -0.05) is 0 Å². The van der Waals surface area contributed by atoms with Crippen molar-refractivity contribution < 1.29 is 14.3 Å². The van der Waals surface area contributed by atoms with Crippen molar-refractivity contribution in [3.8, 4) is 5.75 Å². The maximum Gasteiger partial charge on any atom is 0.251 e. The number of halogens is 1. The first-order valence-corrected chi connectivity index (χ1v) is 4.46. The second kappa shape index (κ2) is 3.29. The summed E-state index contributed by atoms with van der Waals surface area (Å²) in [6, 6.07) is 3.83. The lowest BCUT2D eigenvalue weighted by Crippen LogP contribution is -2.25. The lowest BCUT2D eigenvalue weighted by molar-refractivity contribution is 0.0950. The zero-order valence-electron chi connectivity index (χ0n) is 7.46. The van der Waals surface area contributed by atoms with Crippen LogP contribution in [-0.4, -0.2) is 17.1 Å². The van der Waals surface area contributed by atoms with Gasteiger partial charge in [-0.3, -0.25) is 4.79 Å². The Morgan fingerprint density at radius 2 is 2.21 bits per heavy atom. The minimum Gasteiger partial charge on any atom is -0.505 e. The quantitative estimate of drug-likeness (QED) is 0.749. The van der Waals surface area contributed by atoms with Crippen LogP contribution in [0.2, 0.25) is 0 Å². The molecule has 1 aliphatic carbocycles. The second-order valence-electron chi connectivity index (χ2n) is 3.41. The molecule has 4 heteroatoms. The van der Waals surface area contributed by atoms with Gasteiger partial charge in [-0.15, -0.1) is 0 Å². The summed E-state index contributed by atoms with van der Waals surface area (Å²) < 4.78 is 12.7. The highest BCUT2D eigenvalue weighted by molar-refractivity contribution is 5.94. The summed E-state index contributed by atoms with van der Waals surface area (Å²) in [5, 5.41) is 11.8. The zero-order chi connectivity index (χ0) is 10.1. The van der Waals surface area contributed by atoms with E-state index in [9.17, 15) is 9.18 Å². The molecule has 14 heavy (non-hydrogen) atoms. The van der Waals surface area contributed by atoms with Gasteiger partial charge in [-0.25, -0.2) is 4.39 Å². The number of nitrogens with one attached hydrogen (secondary N) is 1. The highest BCUT2D eigenvalue weighted by Crippen LogP contribution is 2.21. The van der Waals surface area contributed by atoms with E-state index in [2.05, 4.69) is 5.32 Å². The van der Waals surface area contributed by atoms with Gasteiger partial charge < -0.3 is 10.4 Å². The standard InChI is InChI=1S/C10H10FNO2/c11-8-4-1-6(5-9(8)13)10(14)12-7-2-3-7/h1,4-5,7,13H,2-3H2,(H,12,14). The number of hydrogen-bond acceptors (Lipinski definition) is 2. The van der Waals surface area contributed by atoms with Crippen LogP contribution in [0.15, 0.2) is 18.2 Å². The van der Waals surface area contributed by atoms with E-state index in [1.54, 1.807) is 0 Å². The van der Waals surface area contributed by atoms with E-state index >= 15 is 0 Å². The van der Waals surface area contributed by atoms with E-state index in [0.717, 1.165) is 25.0 Å². The highest BCUT2D eigenvalue weighted by Gasteiger charge is 2.23. The number of carbonyl (C=O) groups excluding carboxylic acids is 1. The van der Waals surface area contributed by atoms with Gasteiger partial charge in [0, 0.05) is 11.6 Å². The zero-order valence-corrected chi connectivity index (χ0v) is 7.46. The van der Waals surface area contributed by atoms with Gasteiger partial charge >= 0.3 is 0 Å². The topological polar surface area (TPSA) is 49.3 Å². The van der Waals surface area contributed by atoms with Crippen LogP contribution in [0.5, 0.6) is 5.75 Å². The third-order valence-corrected chi connectivity index (χ3v) is 2.12. The molecule has 1 saturated carbocycles. The van der Waals surface area contributed by atoms with Crippen LogP contribution >= 0.6 is 0 Å². The molecule has 0 aliphatic heterocycles. The molecular formula is C10H10FNO2. The van der Waals surface area contributed by atoms with E-state index < -0.39 is 11.6 Å². The lowest BCUT2D eigenvalue weighted by Gasteiger charge is -2.03. The Morgan fingerprint density at radius 1 is 1.50 bits per heavy atom. The van der Waals surface area contributed by atoms with Crippen molar-refractivity contribution >= 4 is 5.91 Å². The van der Waals surface area contributed by atoms with E-state index in [-0.39, 0.29) is 17.5 Å². The summed E-state index contributed by atoms with van der Waals surface area (Å²) in [7, 11) is 0. The van der Waals surface area contributed by atoms with Crippen LogP contribution < -0.4 is 5.32 Å². The van der Waals surface area contributed by atoms with Crippen LogP contribution in [-0.2, 0) is 0 Å². The predicted molar refractivity (Wildman–Crippen MR) is 48.6 cm³/mol. The predicted octanol–water partition coefficient (Wildman–Crippen LogP) is 1.42. The van der Waals surface area contributed by atoms with Gasteiger partial charge in [-0.2, -0.15) is 0 Å². The number of rotatable bonds is 2. The van der Waals surface area contributed by atoms with E-state index in [4.69, 9.17) is 5.11 Å². The average Bonchev–Trinajstić information content (AvgIpc) is 2.93. The number of phenols is 1. The highest BCUT2D eigenvalue weighted by atomic mass is 19.1. The number of carbonyl (C=O) groups is 1. The molecule has 0 radical (unpaired) electrons. The first kappa shape index (κ1) is 8.99. The molecule has 1 aromatic rings. The van der Waals surface area contributed by atoms with Crippen molar-refractivity contribution in [2.75, 3.05) is 0 Å². The summed E-state index contributed by atoms with van der Waals surface area (Å²) in [5.41, 5.74) is 0.288. The molecule has 1 amide bonds. The first-order valence-electron chi connectivity index (χ1n) is 4.46. The van der Waals surface area contributed by atoms with Gasteiger partial charge in [0.15, 0.2) is 11.6 Å². The molecule has 1 fully saturated rings. The van der Waals surface area contributed by atoms with Crippen molar-refractivity contribution in [1.82, 2.24) is 5.32 Å². The van der Waals surface area contributed by atoms with Crippen LogP contribution in [0, 0.1) is 5.82 Å². The van der Waals surface area contributed by atoms with Gasteiger partial charge in [0.2, 0.25) is 0 Å². The molecule has 74 valence electrons. The molecular weight excluding hydrogens is 185 g/mol. The summed E-state index contributed by atoms with van der Waals surface area (Å²) in [5.74, 6) is -1.47. The molecule has 0 unspecified atom stereocenters. The average molecular weight is 195 g/mol. The summed E-state index contributed by atoms with van der Waals surface area (Å²) in [6.07, 6.45) is 2.00. The normalized spacial score (nSPS) is 15.2. The van der Waals surface area contributed by atoms with Gasteiger partial charge in [-0.05, 0) is 31.0 Å². The Labute approximate surface area is 80.6 Å². The van der Waals surface area contributed by atoms with E-state index in [1.807, 2.05) is 0 Å². The molecule has 0 heterocycles. The third-order valence-electron chi connectivity index (χ3n) is 2.12. The number of phenolic OH excluding ortho intramolecular Hbond substituents is 1. The largest absolute Gasteiger partial charge is 0.505 e. The maximum atomic E-state index is 12.7. The van der Waals surface area contributed by atoms with Crippen molar-refractivity contribution in [2.45, 2.75) is 18.9 Å². The SMILES string of the molecule is O=C(NC1CC1)c1ccc(F)c(O)c1. The summed E-state index contributed by atoms with van der Waals surface area (Å²) in [6.45, 7) is 0. The van der Waals surface area contributed by atoms with Gasteiger partial charge in [0.25, 0.3) is 5.91 Å². The molecule has 1 aromatic carbocycles. The molecule has 3 nitrogen and oxygen atoms in total. The second-order valence-corrected chi connectivity index (χ2v) is 3.41. The van der Waals surface area contributed by atoms with Crippen molar-refractivity contribution in [3.63, 3.8) is 0 Å². The summed E-state index contributed by atoms with van der Waals surface area (Å²) in [4.78, 5) is 11.4. The van der Waals surface area contributed by atoms with E-state index in [1.165, 1.54) is 6.07 Å². The Balaban J connectivity index is 2.14. The number of amides is 1. The minimum absolute atomic E-state index is 0.259. The van der Waals surface area contributed by atoms with Gasteiger partial charge in [0.1, 0.15) is 0 Å². The monoisotopic (exact) mass is 195 g/mol. The Kier molecular flexibility index (Phi) is 2.11. The Bertz CT molecular complexity index is 374. The third kappa shape index (κ3) is 1.84. The maximum absolute atomic E-state index is 12.7. The fraction of sp³-hybridized carbons (Fsp3) is 0.300. The number of aromatic hydroxyl groups is 1. The van der Waals surface area contributed by atoms with Crippen molar-refractivity contribution in [2.24, 2.45) is 0 Å². The van der Waals surface area contributed by atoms with E-state index in [0.29, 0.717) is 0 Å². The van der Waals surface area contributed by atoms with Crippen molar-refractivity contribution in [1.29, 1.82) is 0 Å². The fourth-order valence-electron chi connectivity index (χ4n) is 1.15. The van der Waals surface area contributed by atoms with Crippen molar-refractivity contribution in [3.05, 3.63) is 29.6 Å². The lowest BCUT2D eigenvalue weighted by atomic mass is 10.2. The summed E-state index contributed by atoms with van der Waals surface area (Å²) >= 11 is 0. The van der Waals surface area contributed by atoms with Crippen LogP contribution in [0.4, 0.5) is 4.39 Å². The fourth-order valence-corrected chi connectivity index (χ4v) is 1.15. The molecule has 0 spiro atoms. The number of hydrogen-bond donors (Lipinski definition) is 2. The van der Waals surface area contributed by atoms with Crippen LogP contribution in [0.25, 0.3) is 0 Å². The molecule has 0 aromatic heterocycles. The Morgan fingerprint density at radius 3 is 2.79 bits per heavy atom. The molecule has 0 saturated heterocycles. The molecule has 2 N–H and O–H groups in total. The first-order chi connectivity index (χ1) is 6.66. The molecule has 0 bridgehead atoms. The van der Waals surface area contributed by atoms with Gasteiger partial charge in [0.05, 0.1) is 0 Å². The van der Waals surface area contributed by atoms with Crippen LogP contribution in [0.3, 0.4) is 0 Å². The number of benzene rings is 1. The Hall–Kier alpha value is -1.58. The smallest absolute Gasteiger partial charge is 0.251 e. The molecule has 0 atom stereocenters. The minimum atomic E-state index is -0.715.